The predicted molar refractivity (Wildman–Crippen MR) is 208 cm³/mol. The molecule has 1 radical (unpaired) electrons. The number of rotatable bonds is 9. The average molecular weight is 864 g/mol. The molecule has 0 aliphatic heterocycles. The Bertz CT molecular complexity index is 1710. The van der Waals surface area contributed by atoms with Crippen molar-refractivity contribution in [1.29, 1.82) is 0 Å². The van der Waals surface area contributed by atoms with Crippen molar-refractivity contribution in [2.45, 2.75) is 108 Å². The Hall–Kier alpha value is -2.18. The minimum atomic E-state index is -1.43. The number of aliphatic hydroxyl groups excluding tert-OH is 1. The second-order valence-corrected chi connectivity index (χ2v) is 23.0. The van der Waals surface area contributed by atoms with Gasteiger partial charge < -0.3 is 5.11 Å². The number of thiophene rings is 1. The van der Waals surface area contributed by atoms with E-state index in [9.17, 15) is 9.90 Å². The van der Waals surface area contributed by atoms with Crippen molar-refractivity contribution < 1.29 is 30.0 Å². The third kappa shape index (κ3) is 9.74. The zero-order valence-corrected chi connectivity index (χ0v) is 36.2. The van der Waals surface area contributed by atoms with Crippen LogP contribution in [0.5, 0.6) is 0 Å². The second-order valence-electron chi connectivity index (χ2n) is 16.6. The Labute approximate surface area is 309 Å². The fourth-order valence-corrected chi connectivity index (χ4v) is 10.9. The summed E-state index contributed by atoms with van der Waals surface area (Å²) in [4.78, 5) is 21.7. The molecule has 4 nitrogen and oxygen atoms in total. The van der Waals surface area contributed by atoms with Gasteiger partial charge in [-0.15, -0.1) is 40.5 Å². The largest absolute Gasteiger partial charge is 0.512 e. The summed E-state index contributed by atoms with van der Waals surface area (Å²) in [7, 11) is -1.43. The molecular weight excluding hydrogens is 805 g/mol. The van der Waals surface area contributed by atoms with Crippen molar-refractivity contribution in [1.82, 2.24) is 9.97 Å². The van der Waals surface area contributed by atoms with Gasteiger partial charge in [0, 0.05) is 48.4 Å². The number of allylic oxidation sites excluding steroid dienone is 2. The van der Waals surface area contributed by atoms with E-state index in [-0.39, 0.29) is 48.9 Å². The summed E-state index contributed by atoms with van der Waals surface area (Å²) in [5.41, 5.74) is 5.90. The van der Waals surface area contributed by atoms with Crippen LogP contribution >= 0.6 is 11.3 Å². The van der Waals surface area contributed by atoms with Crippen LogP contribution in [-0.2, 0) is 30.3 Å². The van der Waals surface area contributed by atoms with E-state index in [0.29, 0.717) is 23.7 Å². The van der Waals surface area contributed by atoms with E-state index in [1.807, 2.05) is 11.3 Å². The van der Waals surface area contributed by atoms with Gasteiger partial charge >= 0.3 is 0 Å². The van der Waals surface area contributed by atoms with E-state index in [2.05, 4.69) is 144 Å². The zero-order chi connectivity index (χ0) is 35.6. The summed E-state index contributed by atoms with van der Waals surface area (Å²) in [6.45, 7) is 32.8. The van der Waals surface area contributed by atoms with Crippen LogP contribution in [0.1, 0.15) is 87.3 Å². The molecule has 2 heterocycles. The van der Waals surface area contributed by atoms with Crippen molar-refractivity contribution in [2.24, 2.45) is 35.5 Å². The summed E-state index contributed by atoms with van der Waals surface area (Å²) in [5, 5.41) is 12.7. The third-order valence-corrected chi connectivity index (χ3v) is 14.0. The van der Waals surface area contributed by atoms with Gasteiger partial charge in [-0.25, -0.2) is 4.98 Å². The molecule has 2 aromatic heterocycles. The number of aromatic nitrogens is 2. The van der Waals surface area contributed by atoms with Crippen LogP contribution in [0.15, 0.2) is 48.5 Å². The number of ketones is 1. The molecule has 0 aliphatic carbocycles. The Balaban J connectivity index is 0.000000355. The monoisotopic (exact) mass is 864 g/mol. The molecule has 0 spiro atoms. The maximum Gasteiger partial charge on any atom is 0.162 e. The van der Waals surface area contributed by atoms with Gasteiger partial charge in [0.2, 0.25) is 0 Å². The number of fused-ring (bicyclic) bond motifs is 2. The number of aryl methyl sites for hydroxylation is 1. The van der Waals surface area contributed by atoms with Crippen LogP contribution in [0.4, 0.5) is 0 Å². The molecule has 7 heteroatoms. The number of hydrogen-bond acceptors (Lipinski definition) is 5. The number of aliphatic hydroxyl groups is 1. The van der Waals surface area contributed by atoms with Gasteiger partial charge in [0.25, 0.3) is 0 Å². The number of hydrogen-bond donors (Lipinski definition) is 1. The quantitative estimate of drug-likeness (QED) is 0.0788. The number of carbonyl (C=O) groups excluding carboxylic acids is 1. The summed E-state index contributed by atoms with van der Waals surface area (Å²) in [6, 6.07) is 14.5. The van der Waals surface area contributed by atoms with Crippen molar-refractivity contribution >= 4 is 50.7 Å². The summed E-state index contributed by atoms with van der Waals surface area (Å²) < 4.78 is 2.71. The molecule has 0 fully saturated rings. The third-order valence-electron chi connectivity index (χ3n) is 9.06. The van der Waals surface area contributed by atoms with Crippen molar-refractivity contribution in [3.63, 3.8) is 0 Å². The summed E-state index contributed by atoms with van der Waals surface area (Å²) >= 11 is 1.89. The average Bonchev–Trinajstić information content (AvgIpc) is 3.28. The molecular formula is C41H59IrN2O2SSi-. The van der Waals surface area contributed by atoms with Gasteiger partial charge in [-0.1, -0.05) is 125 Å². The van der Waals surface area contributed by atoms with Gasteiger partial charge in [-0.3, -0.25) is 9.78 Å². The topological polar surface area (TPSA) is 63.1 Å². The van der Waals surface area contributed by atoms with Crippen molar-refractivity contribution in [3.05, 3.63) is 65.7 Å². The molecule has 48 heavy (non-hydrogen) atoms. The summed E-state index contributed by atoms with van der Waals surface area (Å²) in [6.07, 6.45) is 3.19. The first kappa shape index (κ1) is 42.0. The normalized spacial score (nSPS) is 12.9. The SMILES string of the molecule is CC(C)C(C(=O)/C=C(\O)C(C(C)C)C(C)C)C(C)C.Cc1c([Si](C)(C)C)sc2c(-c3[c-]c4ccccc4c(C(C)(C)C)c3)ncnc12.[Ir]. The minimum Gasteiger partial charge on any atom is -0.512 e. The van der Waals surface area contributed by atoms with Gasteiger partial charge in [-0.2, -0.15) is 0 Å². The fourth-order valence-electron chi connectivity index (χ4n) is 7.13. The van der Waals surface area contributed by atoms with E-state index in [1.165, 1.54) is 31.8 Å². The maximum absolute atomic E-state index is 12.3. The van der Waals surface area contributed by atoms with E-state index < -0.39 is 8.07 Å². The molecule has 0 saturated carbocycles. The van der Waals surface area contributed by atoms with Crippen LogP contribution in [0.25, 0.3) is 32.2 Å². The molecule has 0 bridgehead atoms. The van der Waals surface area contributed by atoms with Gasteiger partial charge in [0.05, 0.1) is 19.3 Å². The Morgan fingerprint density at radius 2 is 1.44 bits per heavy atom. The van der Waals surface area contributed by atoms with E-state index >= 15 is 0 Å². The molecule has 0 unspecified atom stereocenters. The van der Waals surface area contributed by atoms with E-state index in [0.717, 1.165) is 22.2 Å². The van der Waals surface area contributed by atoms with Crippen molar-refractivity contribution in [2.75, 3.05) is 0 Å². The smallest absolute Gasteiger partial charge is 0.162 e. The number of nitrogens with zero attached hydrogens (tertiary/aromatic N) is 2. The second kappa shape index (κ2) is 16.7. The zero-order valence-electron chi connectivity index (χ0n) is 32.0. The first-order valence-electron chi connectivity index (χ1n) is 17.3. The number of carbonyl (C=O) groups is 1. The summed E-state index contributed by atoms with van der Waals surface area (Å²) in [5.74, 6) is 1.63. The van der Waals surface area contributed by atoms with Crippen LogP contribution in [0.2, 0.25) is 19.6 Å². The van der Waals surface area contributed by atoms with E-state index in [1.54, 1.807) is 6.33 Å². The van der Waals surface area contributed by atoms with E-state index in [4.69, 9.17) is 4.98 Å². The molecule has 0 amide bonds. The van der Waals surface area contributed by atoms with Crippen LogP contribution in [0, 0.1) is 48.5 Å². The number of benzene rings is 2. The minimum absolute atomic E-state index is 0. The van der Waals surface area contributed by atoms with Gasteiger partial charge in [-0.05, 0) is 46.1 Å². The molecule has 265 valence electrons. The van der Waals surface area contributed by atoms with Crippen molar-refractivity contribution in [3.8, 4) is 11.3 Å². The maximum atomic E-state index is 12.3. The van der Waals surface area contributed by atoms with Gasteiger partial charge in [0.1, 0.15) is 6.33 Å². The molecule has 0 atom stereocenters. The molecule has 1 N–H and O–H groups in total. The fraction of sp³-hybridized carbons (Fsp3) is 0.537. The molecule has 4 rings (SSSR count). The Morgan fingerprint density at radius 1 is 0.896 bits per heavy atom. The predicted octanol–water partition coefficient (Wildman–Crippen LogP) is 11.3. The van der Waals surface area contributed by atoms with Gasteiger partial charge in [0.15, 0.2) is 5.78 Å². The first-order valence-corrected chi connectivity index (χ1v) is 21.6. The first-order chi connectivity index (χ1) is 21.7. The Kier molecular flexibility index (Phi) is 14.6. The molecule has 0 aliphatic rings. The Morgan fingerprint density at radius 3 is 1.94 bits per heavy atom. The molecule has 2 aromatic carbocycles. The van der Waals surface area contributed by atoms with Crippen LogP contribution < -0.4 is 4.50 Å². The van der Waals surface area contributed by atoms with Crippen LogP contribution in [0.3, 0.4) is 0 Å². The standard InChI is InChI=1S/C24H27N2SSi.C17H32O2.Ir/c1-15-20-22(27-23(15)28(5,6)7)21(26-14-25-20)17-12-16-10-8-9-11-18(16)19(13-17)24(2,3)4;1-10(2)16(11(3)4)14(18)9-15(19)17(12(5)6)13(7)8;/h8-11,13-14H,1-7H3;9-13,16-18H,1-8H3;/q-1;;/b;14-9-;. The molecule has 4 aromatic rings. The van der Waals surface area contributed by atoms with Crippen LogP contribution in [-0.4, -0.2) is 28.9 Å². The molecule has 0 saturated heterocycles.